The lowest BCUT2D eigenvalue weighted by Crippen LogP contribution is -2.13. The van der Waals surface area contributed by atoms with Crippen LogP contribution in [0.25, 0.3) is 0 Å². The van der Waals surface area contributed by atoms with Crippen LogP contribution in [-0.4, -0.2) is 17.5 Å². The molecule has 1 aliphatic heterocycles. The molecule has 0 aliphatic carbocycles. The molecular formula is C13H18N2S. The molecule has 1 aliphatic rings. The van der Waals surface area contributed by atoms with Gasteiger partial charge in [-0.3, -0.25) is 4.99 Å². The van der Waals surface area contributed by atoms with E-state index in [9.17, 15) is 0 Å². The molecule has 2 nitrogen and oxygen atoms in total. The van der Waals surface area contributed by atoms with Gasteiger partial charge in [0.15, 0.2) is 5.17 Å². The molecule has 1 aromatic carbocycles. The molecule has 0 atom stereocenters. The number of benzene rings is 1. The first-order valence-electron chi connectivity index (χ1n) is 5.80. The van der Waals surface area contributed by atoms with Crippen molar-refractivity contribution in [3.8, 4) is 0 Å². The maximum atomic E-state index is 4.45. The number of anilines is 1. The summed E-state index contributed by atoms with van der Waals surface area (Å²) in [6, 6.07) is 8.63. The highest BCUT2D eigenvalue weighted by Crippen LogP contribution is 2.19. The van der Waals surface area contributed by atoms with Crippen molar-refractivity contribution >= 4 is 22.6 Å². The topological polar surface area (TPSA) is 24.4 Å². The van der Waals surface area contributed by atoms with Gasteiger partial charge in [0, 0.05) is 18.0 Å². The lowest BCUT2D eigenvalue weighted by molar-refractivity contribution is 0.867. The molecule has 3 heteroatoms. The van der Waals surface area contributed by atoms with Gasteiger partial charge in [-0.2, -0.15) is 0 Å². The second-order valence-corrected chi connectivity index (χ2v) is 5.37. The van der Waals surface area contributed by atoms with Crippen LogP contribution in [0.2, 0.25) is 0 Å². The average molecular weight is 234 g/mol. The third-order valence-electron chi connectivity index (χ3n) is 2.63. The van der Waals surface area contributed by atoms with Crippen LogP contribution in [0.5, 0.6) is 0 Å². The fourth-order valence-electron chi connectivity index (χ4n) is 1.61. The maximum Gasteiger partial charge on any atom is 0.161 e. The van der Waals surface area contributed by atoms with Crippen molar-refractivity contribution in [1.82, 2.24) is 0 Å². The number of hydrogen-bond acceptors (Lipinski definition) is 3. The lowest BCUT2D eigenvalue weighted by Gasteiger charge is -2.14. The van der Waals surface area contributed by atoms with E-state index in [1.807, 2.05) is 11.8 Å². The summed E-state index contributed by atoms with van der Waals surface area (Å²) in [4.78, 5) is 4.45. The Labute approximate surface area is 102 Å². The van der Waals surface area contributed by atoms with Crippen molar-refractivity contribution in [3.05, 3.63) is 29.8 Å². The Bertz CT molecular complexity index is 368. The Morgan fingerprint density at radius 1 is 1.25 bits per heavy atom. The number of thioether (sulfide) groups is 1. The van der Waals surface area contributed by atoms with Crippen molar-refractivity contribution in [3.63, 3.8) is 0 Å². The number of hydrogen-bond donors (Lipinski definition) is 1. The molecule has 1 aromatic rings. The van der Waals surface area contributed by atoms with Gasteiger partial charge in [-0.1, -0.05) is 37.7 Å². The highest BCUT2D eigenvalue weighted by atomic mass is 32.2. The number of amidine groups is 1. The second kappa shape index (κ2) is 5.39. The Morgan fingerprint density at radius 3 is 2.56 bits per heavy atom. The molecule has 1 heterocycles. The van der Waals surface area contributed by atoms with Gasteiger partial charge in [0.1, 0.15) is 0 Å². The van der Waals surface area contributed by atoms with E-state index in [1.165, 1.54) is 17.7 Å². The number of nitrogens with one attached hydrogen (secondary N) is 1. The zero-order valence-electron chi connectivity index (χ0n) is 9.86. The number of nitrogens with zero attached hydrogens (tertiary/aromatic N) is 1. The summed E-state index contributed by atoms with van der Waals surface area (Å²) >= 11 is 1.81. The molecule has 0 unspecified atom stereocenters. The van der Waals surface area contributed by atoms with E-state index in [0.717, 1.165) is 17.4 Å². The van der Waals surface area contributed by atoms with Crippen LogP contribution >= 0.6 is 11.8 Å². The summed E-state index contributed by atoms with van der Waals surface area (Å²) in [6.07, 6.45) is 1.20. The van der Waals surface area contributed by atoms with Crippen LogP contribution < -0.4 is 5.32 Å². The molecule has 0 bridgehead atoms. The molecule has 2 rings (SSSR count). The summed E-state index contributed by atoms with van der Waals surface area (Å²) in [5, 5.41) is 4.42. The Balaban J connectivity index is 2.02. The Kier molecular flexibility index (Phi) is 3.88. The van der Waals surface area contributed by atoms with E-state index in [1.54, 1.807) is 0 Å². The first-order valence-corrected chi connectivity index (χ1v) is 6.78. The van der Waals surface area contributed by atoms with Gasteiger partial charge in [-0.25, -0.2) is 0 Å². The normalized spacial score (nSPS) is 16.1. The smallest absolute Gasteiger partial charge is 0.161 e. The van der Waals surface area contributed by atoms with Gasteiger partial charge in [0.05, 0.1) is 0 Å². The first-order chi connectivity index (χ1) is 7.75. The fourth-order valence-corrected chi connectivity index (χ4v) is 2.45. The lowest BCUT2D eigenvalue weighted by atomic mass is 10.0. The molecule has 0 fully saturated rings. The van der Waals surface area contributed by atoms with Crippen LogP contribution in [0.3, 0.4) is 0 Å². The van der Waals surface area contributed by atoms with Crippen LogP contribution in [0.15, 0.2) is 29.3 Å². The highest BCUT2D eigenvalue weighted by Gasteiger charge is 2.06. The van der Waals surface area contributed by atoms with E-state index in [4.69, 9.17) is 0 Å². The van der Waals surface area contributed by atoms with E-state index < -0.39 is 0 Å². The Morgan fingerprint density at radius 2 is 2.00 bits per heavy atom. The largest absolute Gasteiger partial charge is 0.335 e. The fraction of sp³-hybridized carbons (Fsp3) is 0.462. The van der Waals surface area contributed by atoms with E-state index in [-0.39, 0.29) is 0 Å². The van der Waals surface area contributed by atoms with E-state index >= 15 is 0 Å². The molecule has 0 saturated heterocycles. The van der Waals surface area contributed by atoms with Gasteiger partial charge in [0.2, 0.25) is 0 Å². The van der Waals surface area contributed by atoms with Crippen molar-refractivity contribution < 1.29 is 0 Å². The number of rotatable bonds is 2. The predicted octanol–water partition coefficient (Wildman–Crippen LogP) is 3.71. The van der Waals surface area contributed by atoms with Crippen LogP contribution in [0.1, 0.15) is 31.7 Å². The van der Waals surface area contributed by atoms with Crippen molar-refractivity contribution in [2.75, 3.05) is 17.6 Å². The minimum Gasteiger partial charge on any atom is -0.335 e. The maximum absolute atomic E-state index is 4.45. The second-order valence-electron chi connectivity index (χ2n) is 4.29. The molecule has 86 valence electrons. The summed E-state index contributed by atoms with van der Waals surface area (Å²) < 4.78 is 0. The standard InChI is InChI=1S/C13H18N2S/c1-10(2)11-4-6-12(7-5-11)15-13-14-8-3-9-16-13/h4-7,10H,3,8-9H2,1-2H3,(H,14,15). The zero-order valence-corrected chi connectivity index (χ0v) is 10.7. The first kappa shape index (κ1) is 11.5. The molecule has 1 N–H and O–H groups in total. The van der Waals surface area contributed by atoms with Crippen LogP contribution in [-0.2, 0) is 0 Å². The summed E-state index contributed by atoms with van der Waals surface area (Å²) in [6.45, 7) is 5.38. The third kappa shape index (κ3) is 3.01. The van der Waals surface area contributed by atoms with Crippen LogP contribution in [0, 0.1) is 0 Å². The minimum atomic E-state index is 0.593. The molecular weight excluding hydrogens is 216 g/mol. The van der Waals surface area contributed by atoms with Gasteiger partial charge in [-0.15, -0.1) is 0 Å². The van der Waals surface area contributed by atoms with Gasteiger partial charge >= 0.3 is 0 Å². The van der Waals surface area contributed by atoms with Crippen LogP contribution in [0.4, 0.5) is 5.69 Å². The van der Waals surface area contributed by atoms with E-state index in [2.05, 4.69) is 48.4 Å². The monoisotopic (exact) mass is 234 g/mol. The molecule has 0 saturated carbocycles. The highest BCUT2D eigenvalue weighted by molar-refractivity contribution is 8.14. The zero-order chi connectivity index (χ0) is 11.4. The molecule has 0 radical (unpaired) electrons. The van der Waals surface area contributed by atoms with Crippen molar-refractivity contribution in [2.45, 2.75) is 26.2 Å². The van der Waals surface area contributed by atoms with Crippen molar-refractivity contribution in [2.24, 2.45) is 4.99 Å². The van der Waals surface area contributed by atoms with Gasteiger partial charge in [0.25, 0.3) is 0 Å². The summed E-state index contributed by atoms with van der Waals surface area (Å²) in [5.74, 6) is 1.77. The average Bonchev–Trinajstić information content (AvgIpc) is 2.31. The molecule has 0 aromatic heterocycles. The SMILES string of the molecule is CC(C)c1ccc(NC2=NCCCS2)cc1. The minimum absolute atomic E-state index is 0.593. The van der Waals surface area contributed by atoms with E-state index in [0.29, 0.717) is 5.92 Å². The van der Waals surface area contributed by atoms with Gasteiger partial charge in [-0.05, 0) is 30.0 Å². The molecule has 16 heavy (non-hydrogen) atoms. The Hall–Kier alpha value is -0.960. The van der Waals surface area contributed by atoms with Crippen molar-refractivity contribution in [1.29, 1.82) is 0 Å². The molecule has 0 amide bonds. The third-order valence-corrected chi connectivity index (χ3v) is 3.62. The number of aliphatic imine (C=N–C) groups is 1. The molecule has 0 spiro atoms. The summed E-state index contributed by atoms with van der Waals surface area (Å²) in [7, 11) is 0. The van der Waals surface area contributed by atoms with Gasteiger partial charge < -0.3 is 5.32 Å². The predicted molar refractivity (Wildman–Crippen MR) is 73.5 cm³/mol. The summed E-state index contributed by atoms with van der Waals surface area (Å²) in [5.41, 5.74) is 2.52. The quantitative estimate of drug-likeness (QED) is 0.843.